The van der Waals surface area contributed by atoms with Crippen LogP contribution >= 0.6 is 11.6 Å². The van der Waals surface area contributed by atoms with Crippen molar-refractivity contribution >= 4 is 45.8 Å². The molecule has 0 saturated carbocycles. The maximum atomic E-state index is 13.4. The lowest BCUT2D eigenvalue weighted by Gasteiger charge is -2.21. The Kier molecular flexibility index (Phi) is 5.36. The molecule has 168 valence electrons. The fourth-order valence-electron chi connectivity index (χ4n) is 3.64. The van der Waals surface area contributed by atoms with Crippen LogP contribution in [-0.2, 0) is 10.3 Å². The van der Waals surface area contributed by atoms with E-state index in [9.17, 15) is 9.59 Å². The van der Waals surface area contributed by atoms with E-state index >= 15 is 0 Å². The summed E-state index contributed by atoms with van der Waals surface area (Å²) in [7, 11) is 0. The summed E-state index contributed by atoms with van der Waals surface area (Å²) in [4.78, 5) is 29.8. The van der Waals surface area contributed by atoms with Gasteiger partial charge >= 0.3 is 0 Å². The minimum atomic E-state index is -0.322. The Labute approximate surface area is 191 Å². The van der Waals surface area contributed by atoms with E-state index in [4.69, 9.17) is 21.3 Å². The minimum Gasteiger partial charge on any atom is -0.482 e. The largest absolute Gasteiger partial charge is 0.482 e. The average molecular weight is 456 g/mol. The molecule has 0 saturated heterocycles. The van der Waals surface area contributed by atoms with Gasteiger partial charge in [0.05, 0.1) is 38.6 Å². The molecule has 3 aromatic rings. The number of pyridine rings is 1. The molecule has 0 radical (unpaired) electrons. The van der Waals surface area contributed by atoms with Crippen molar-refractivity contribution in [3.63, 3.8) is 0 Å². The van der Waals surface area contributed by atoms with Gasteiger partial charge in [-0.25, -0.2) is 9.67 Å². The molecule has 0 unspecified atom stereocenters. The third kappa shape index (κ3) is 3.90. The number of aromatic nitrogens is 3. The number of nitrogens with zero attached hydrogens (tertiary/aromatic N) is 3. The number of carbonyl (C=O) groups excluding carboxylic acids is 2. The zero-order chi connectivity index (χ0) is 23.4. The Hall–Kier alpha value is -3.13. The first kappa shape index (κ1) is 22.1. The quantitative estimate of drug-likeness (QED) is 0.588. The molecule has 2 aromatic heterocycles. The first-order valence-electron chi connectivity index (χ1n) is 10.4. The molecule has 1 aromatic carbocycles. The van der Waals surface area contributed by atoms with Gasteiger partial charge in [-0.15, -0.1) is 0 Å². The summed E-state index contributed by atoms with van der Waals surface area (Å²) in [5.74, 6) is -0.00247. The maximum absolute atomic E-state index is 13.4. The normalized spacial score (nSPS) is 13.7. The van der Waals surface area contributed by atoms with Gasteiger partial charge in [-0.2, -0.15) is 5.10 Å². The number of hydrogen-bond donors (Lipinski definition) is 2. The smallest absolute Gasteiger partial charge is 0.262 e. The van der Waals surface area contributed by atoms with E-state index in [1.807, 2.05) is 52.3 Å². The SMILES string of the molecule is Cc1nn(C(C)(C)C)c2nc(C(C)C)cc(C(=O)Nc3cc4c(cc3Cl)NC(=O)CO4)c12. The Balaban J connectivity index is 1.81. The molecule has 0 spiro atoms. The average Bonchev–Trinajstić information content (AvgIpc) is 3.05. The van der Waals surface area contributed by atoms with Crippen molar-refractivity contribution in [2.24, 2.45) is 0 Å². The van der Waals surface area contributed by atoms with Crippen molar-refractivity contribution < 1.29 is 14.3 Å². The summed E-state index contributed by atoms with van der Waals surface area (Å²) < 4.78 is 7.32. The van der Waals surface area contributed by atoms with Gasteiger partial charge in [-0.3, -0.25) is 9.59 Å². The molecular formula is C23H26ClN5O3. The predicted molar refractivity (Wildman–Crippen MR) is 125 cm³/mol. The molecule has 9 heteroatoms. The van der Waals surface area contributed by atoms with Crippen LogP contribution in [0, 0.1) is 6.92 Å². The number of anilines is 2. The third-order valence-electron chi connectivity index (χ3n) is 5.25. The lowest BCUT2D eigenvalue weighted by atomic mass is 10.0. The van der Waals surface area contributed by atoms with Crippen molar-refractivity contribution in [1.82, 2.24) is 14.8 Å². The summed E-state index contributed by atoms with van der Waals surface area (Å²) in [5, 5.41) is 11.3. The topological polar surface area (TPSA) is 98.1 Å². The van der Waals surface area contributed by atoms with Crippen molar-refractivity contribution in [1.29, 1.82) is 0 Å². The van der Waals surface area contributed by atoms with Gasteiger partial charge < -0.3 is 15.4 Å². The molecule has 0 bridgehead atoms. The van der Waals surface area contributed by atoms with Gasteiger partial charge in [0.25, 0.3) is 11.8 Å². The van der Waals surface area contributed by atoms with Gasteiger partial charge in [0.15, 0.2) is 12.3 Å². The number of amides is 2. The van der Waals surface area contributed by atoms with E-state index in [0.717, 1.165) is 11.4 Å². The van der Waals surface area contributed by atoms with Gasteiger partial charge in [-0.05, 0) is 45.7 Å². The third-order valence-corrected chi connectivity index (χ3v) is 5.57. The minimum absolute atomic E-state index is 0.0874. The first-order valence-corrected chi connectivity index (χ1v) is 10.8. The zero-order valence-electron chi connectivity index (χ0n) is 19.0. The van der Waals surface area contributed by atoms with Gasteiger partial charge in [0, 0.05) is 11.8 Å². The van der Waals surface area contributed by atoms with Crippen LogP contribution in [0.15, 0.2) is 18.2 Å². The van der Waals surface area contributed by atoms with Crippen LogP contribution in [0.2, 0.25) is 5.02 Å². The van der Waals surface area contributed by atoms with Crippen LogP contribution in [0.5, 0.6) is 5.75 Å². The lowest BCUT2D eigenvalue weighted by molar-refractivity contribution is -0.118. The highest BCUT2D eigenvalue weighted by atomic mass is 35.5. The Morgan fingerprint density at radius 1 is 1.28 bits per heavy atom. The number of hydrogen-bond acceptors (Lipinski definition) is 5. The molecule has 0 fully saturated rings. The number of fused-ring (bicyclic) bond motifs is 2. The van der Waals surface area contributed by atoms with Crippen molar-refractivity contribution in [2.45, 2.75) is 53.0 Å². The molecule has 2 amide bonds. The monoisotopic (exact) mass is 455 g/mol. The van der Waals surface area contributed by atoms with Crippen LogP contribution in [0.3, 0.4) is 0 Å². The number of rotatable bonds is 3. The molecule has 32 heavy (non-hydrogen) atoms. The number of halogens is 1. The number of ether oxygens (including phenoxy) is 1. The second-order valence-corrected chi connectivity index (χ2v) is 9.64. The summed E-state index contributed by atoms with van der Waals surface area (Å²) in [6.45, 7) is 12.0. The molecule has 1 aliphatic heterocycles. The molecule has 3 heterocycles. The molecule has 1 aliphatic rings. The van der Waals surface area contributed by atoms with E-state index in [0.29, 0.717) is 38.7 Å². The van der Waals surface area contributed by atoms with Crippen LogP contribution in [0.4, 0.5) is 11.4 Å². The predicted octanol–water partition coefficient (Wildman–Crippen LogP) is 4.85. The fraction of sp³-hybridized carbons (Fsp3) is 0.391. The molecule has 2 N–H and O–H groups in total. The maximum Gasteiger partial charge on any atom is 0.262 e. The van der Waals surface area contributed by atoms with Crippen LogP contribution in [0.1, 0.15) is 62.3 Å². The van der Waals surface area contributed by atoms with E-state index in [1.165, 1.54) is 0 Å². The molecule has 4 rings (SSSR count). The van der Waals surface area contributed by atoms with Crippen molar-refractivity contribution in [2.75, 3.05) is 17.2 Å². The van der Waals surface area contributed by atoms with E-state index < -0.39 is 0 Å². The highest BCUT2D eigenvalue weighted by Gasteiger charge is 2.26. The van der Waals surface area contributed by atoms with E-state index in [2.05, 4.69) is 15.7 Å². The lowest BCUT2D eigenvalue weighted by Crippen LogP contribution is -2.25. The Morgan fingerprint density at radius 3 is 2.66 bits per heavy atom. The van der Waals surface area contributed by atoms with Crippen LogP contribution in [0.25, 0.3) is 11.0 Å². The summed E-state index contributed by atoms with van der Waals surface area (Å²) in [6.07, 6.45) is 0. The molecule has 0 aliphatic carbocycles. The number of benzene rings is 1. The first-order chi connectivity index (χ1) is 15.0. The summed E-state index contributed by atoms with van der Waals surface area (Å²) in [5.41, 5.74) is 3.25. The summed E-state index contributed by atoms with van der Waals surface area (Å²) >= 11 is 6.39. The standard InChI is InChI=1S/C23H26ClN5O3/c1-11(2)15-7-13(20-12(3)28-29(21(20)26-15)23(4,5)6)22(31)27-16-9-18-17(8-14(16)24)25-19(30)10-32-18/h7-9,11H,10H2,1-6H3,(H,25,30)(H,27,31). The van der Waals surface area contributed by atoms with E-state index in [1.54, 1.807) is 12.1 Å². The van der Waals surface area contributed by atoms with Crippen LogP contribution in [-0.4, -0.2) is 33.2 Å². The molecule has 8 nitrogen and oxygen atoms in total. The van der Waals surface area contributed by atoms with Gasteiger partial charge in [0.1, 0.15) is 5.75 Å². The second kappa shape index (κ2) is 7.78. The highest BCUT2D eigenvalue weighted by Crippen LogP contribution is 2.37. The highest BCUT2D eigenvalue weighted by molar-refractivity contribution is 6.34. The molecular weight excluding hydrogens is 430 g/mol. The number of aryl methyl sites for hydroxylation is 1. The van der Waals surface area contributed by atoms with Gasteiger partial charge in [-0.1, -0.05) is 25.4 Å². The van der Waals surface area contributed by atoms with Crippen molar-refractivity contribution in [3.8, 4) is 5.75 Å². The Morgan fingerprint density at radius 2 is 2.00 bits per heavy atom. The number of nitrogens with one attached hydrogen (secondary N) is 2. The number of carbonyl (C=O) groups is 2. The van der Waals surface area contributed by atoms with Crippen LogP contribution < -0.4 is 15.4 Å². The van der Waals surface area contributed by atoms with E-state index in [-0.39, 0.29) is 29.9 Å². The van der Waals surface area contributed by atoms with Crippen molar-refractivity contribution in [3.05, 3.63) is 40.2 Å². The zero-order valence-corrected chi connectivity index (χ0v) is 19.7. The Bertz CT molecular complexity index is 1260. The summed E-state index contributed by atoms with van der Waals surface area (Å²) in [6, 6.07) is 4.99. The molecule has 0 atom stereocenters. The second-order valence-electron chi connectivity index (χ2n) is 9.24. The van der Waals surface area contributed by atoms with Gasteiger partial charge in [0.2, 0.25) is 0 Å². The fourth-order valence-corrected chi connectivity index (χ4v) is 3.85.